The standard InChI is InChI=1S/C15H21N3O4S/c1-4-9-17-23(21,22)12-7-5-11(6-8-12)15(20)18-13(10(2)3)14(16)19/h4-8,10,13,17H,1,9H2,2-3H3,(H2,16,19)(H,18,20). The van der Waals surface area contributed by atoms with Crippen LogP contribution < -0.4 is 15.8 Å². The van der Waals surface area contributed by atoms with Crippen molar-refractivity contribution in [2.75, 3.05) is 6.54 Å². The molecule has 0 aliphatic heterocycles. The van der Waals surface area contributed by atoms with Crippen LogP contribution in [0.5, 0.6) is 0 Å². The van der Waals surface area contributed by atoms with Gasteiger partial charge in [-0.1, -0.05) is 19.9 Å². The second-order valence-corrected chi connectivity index (χ2v) is 7.03. The van der Waals surface area contributed by atoms with E-state index < -0.39 is 27.9 Å². The minimum atomic E-state index is -3.64. The van der Waals surface area contributed by atoms with E-state index in [9.17, 15) is 18.0 Å². The molecule has 0 heterocycles. The van der Waals surface area contributed by atoms with E-state index >= 15 is 0 Å². The molecule has 8 heteroatoms. The van der Waals surface area contributed by atoms with Crippen molar-refractivity contribution in [3.63, 3.8) is 0 Å². The maximum absolute atomic E-state index is 12.1. The third-order valence-electron chi connectivity index (χ3n) is 3.10. The van der Waals surface area contributed by atoms with E-state index in [-0.39, 0.29) is 22.9 Å². The van der Waals surface area contributed by atoms with Crippen LogP contribution in [0, 0.1) is 5.92 Å². The molecular formula is C15H21N3O4S. The summed E-state index contributed by atoms with van der Waals surface area (Å²) in [7, 11) is -3.64. The lowest BCUT2D eigenvalue weighted by atomic mass is 10.0. The van der Waals surface area contributed by atoms with Crippen molar-refractivity contribution in [3.8, 4) is 0 Å². The summed E-state index contributed by atoms with van der Waals surface area (Å²) >= 11 is 0. The molecule has 1 aromatic carbocycles. The fourth-order valence-corrected chi connectivity index (χ4v) is 2.83. The molecule has 2 amide bonds. The Labute approximate surface area is 136 Å². The van der Waals surface area contributed by atoms with Gasteiger partial charge in [-0.25, -0.2) is 13.1 Å². The van der Waals surface area contributed by atoms with Crippen LogP contribution in [0.3, 0.4) is 0 Å². The van der Waals surface area contributed by atoms with E-state index in [4.69, 9.17) is 5.73 Å². The van der Waals surface area contributed by atoms with Gasteiger partial charge >= 0.3 is 0 Å². The number of primary amides is 1. The maximum Gasteiger partial charge on any atom is 0.251 e. The minimum Gasteiger partial charge on any atom is -0.368 e. The van der Waals surface area contributed by atoms with Gasteiger partial charge in [-0.15, -0.1) is 6.58 Å². The zero-order chi connectivity index (χ0) is 17.6. The number of benzene rings is 1. The van der Waals surface area contributed by atoms with E-state index in [1.54, 1.807) is 13.8 Å². The van der Waals surface area contributed by atoms with Crippen molar-refractivity contribution in [1.29, 1.82) is 0 Å². The minimum absolute atomic E-state index is 0.0335. The van der Waals surface area contributed by atoms with Crippen LogP contribution in [0.15, 0.2) is 41.8 Å². The van der Waals surface area contributed by atoms with Gasteiger partial charge in [0.25, 0.3) is 5.91 Å². The summed E-state index contributed by atoms with van der Waals surface area (Å²) in [6.45, 7) is 7.06. The predicted molar refractivity (Wildman–Crippen MR) is 87.1 cm³/mol. The van der Waals surface area contributed by atoms with Crippen LogP contribution in [0.4, 0.5) is 0 Å². The zero-order valence-electron chi connectivity index (χ0n) is 13.1. The molecule has 1 atom stereocenters. The number of rotatable bonds is 8. The molecule has 0 radical (unpaired) electrons. The summed E-state index contributed by atoms with van der Waals surface area (Å²) in [6, 6.07) is 4.58. The lowest BCUT2D eigenvalue weighted by Gasteiger charge is -2.18. The van der Waals surface area contributed by atoms with Gasteiger partial charge in [0.15, 0.2) is 0 Å². The first-order chi connectivity index (χ1) is 10.7. The monoisotopic (exact) mass is 339 g/mol. The topological polar surface area (TPSA) is 118 Å². The number of hydrogen-bond donors (Lipinski definition) is 3. The Kier molecular flexibility index (Phi) is 6.47. The van der Waals surface area contributed by atoms with Gasteiger partial charge in [-0.3, -0.25) is 9.59 Å². The molecule has 7 nitrogen and oxygen atoms in total. The van der Waals surface area contributed by atoms with Crippen molar-refractivity contribution < 1.29 is 18.0 Å². The van der Waals surface area contributed by atoms with Crippen LogP contribution in [0.2, 0.25) is 0 Å². The highest BCUT2D eigenvalue weighted by atomic mass is 32.2. The molecular weight excluding hydrogens is 318 g/mol. The van der Waals surface area contributed by atoms with Gasteiger partial charge in [0, 0.05) is 12.1 Å². The van der Waals surface area contributed by atoms with Gasteiger partial charge < -0.3 is 11.1 Å². The first-order valence-corrected chi connectivity index (χ1v) is 8.48. The number of amides is 2. The van der Waals surface area contributed by atoms with E-state index in [0.29, 0.717) is 0 Å². The molecule has 1 aromatic rings. The van der Waals surface area contributed by atoms with Crippen LogP contribution in [0.25, 0.3) is 0 Å². The SMILES string of the molecule is C=CCNS(=O)(=O)c1ccc(C(=O)NC(C(N)=O)C(C)C)cc1. The first-order valence-electron chi connectivity index (χ1n) is 7.00. The van der Waals surface area contributed by atoms with Gasteiger partial charge in [-0.2, -0.15) is 0 Å². The fourth-order valence-electron chi connectivity index (χ4n) is 1.83. The molecule has 0 fully saturated rings. The van der Waals surface area contributed by atoms with Gasteiger partial charge in [0.2, 0.25) is 15.9 Å². The van der Waals surface area contributed by atoms with Crippen molar-refractivity contribution >= 4 is 21.8 Å². The summed E-state index contributed by atoms with van der Waals surface area (Å²) in [6.07, 6.45) is 1.43. The van der Waals surface area contributed by atoms with Crippen molar-refractivity contribution in [2.45, 2.75) is 24.8 Å². The zero-order valence-corrected chi connectivity index (χ0v) is 13.9. The van der Waals surface area contributed by atoms with E-state index in [1.807, 2.05) is 0 Å². The number of nitrogens with one attached hydrogen (secondary N) is 2. The Hall–Kier alpha value is -2.19. The van der Waals surface area contributed by atoms with E-state index in [2.05, 4.69) is 16.6 Å². The van der Waals surface area contributed by atoms with Crippen LogP contribution in [0.1, 0.15) is 24.2 Å². The Bertz CT molecular complexity index is 681. The summed E-state index contributed by atoms with van der Waals surface area (Å²) in [5, 5.41) is 2.53. The highest BCUT2D eigenvalue weighted by Crippen LogP contribution is 2.11. The average Bonchev–Trinajstić information content (AvgIpc) is 2.49. The number of nitrogens with two attached hydrogens (primary N) is 1. The largest absolute Gasteiger partial charge is 0.368 e. The molecule has 0 spiro atoms. The van der Waals surface area contributed by atoms with Crippen LogP contribution in [-0.2, 0) is 14.8 Å². The van der Waals surface area contributed by atoms with Gasteiger partial charge in [0.1, 0.15) is 6.04 Å². The van der Waals surface area contributed by atoms with Gasteiger partial charge in [0.05, 0.1) is 4.90 Å². The normalized spacial score (nSPS) is 12.7. The smallest absolute Gasteiger partial charge is 0.251 e. The van der Waals surface area contributed by atoms with Crippen molar-refractivity contribution in [2.24, 2.45) is 11.7 Å². The molecule has 0 saturated heterocycles. The number of carbonyl (C=O) groups excluding carboxylic acids is 2. The summed E-state index contributed by atoms with van der Waals surface area (Å²) in [4.78, 5) is 23.4. The Morgan fingerprint density at radius 1 is 1.26 bits per heavy atom. The Morgan fingerprint density at radius 3 is 2.26 bits per heavy atom. The Morgan fingerprint density at radius 2 is 1.83 bits per heavy atom. The molecule has 0 saturated carbocycles. The van der Waals surface area contributed by atoms with Gasteiger partial charge in [-0.05, 0) is 30.2 Å². The molecule has 126 valence electrons. The highest BCUT2D eigenvalue weighted by Gasteiger charge is 2.22. The molecule has 0 aliphatic carbocycles. The predicted octanol–water partition coefficient (Wildman–Crippen LogP) is 0.391. The second-order valence-electron chi connectivity index (χ2n) is 5.26. The van der Waals surface area contributed by atoms with E-state index in [1.165, 1.54) is 30.3 Å². The number of carbonyl (C=O) groups is 2. The van der Waals surface area contributed by atoms with Crippen LogP contribution >= 0.6 is 0 Å². The third kappa shape index (κ3) is 5.19. The molecule has 0 aliphatic rings. The quantitative estimate of drug-likeness (QED) is 0.594. The average molecular weight is 339 g/mol. The highest BCUT2D eigenvalue weighted by molar-refractivity contribution is 7.89. The molecule has 0 aromatic heterocycles. The Balaban J connectivity index is 2.90. The molecule has 4 N–H and O–H groups in total. The molecule has 23 heavy (non-hydrogen) atoms. The number of sulfonamides is 1. The number of hydrogen-bond acceptors (Lipinski definition) is 4. The summed E-state index contributed by atoms with van der Waals surface area (Å²) in [5.41, 5.74) is 5.48. The van der Waals surface area contributed by atoms with Crippen LogP contribution in [-0.4, -0.2) is 32.8 Å². The maximum atomic E-state index is 12.1. The summed E-state index contributed by atoms with van der Waals surface area (Å²) in [5.74, 6) is -1.27. The van der Waals surface area contributed by atoms with Crippen molar-refractivity contribution in [1.82, 2.24) is 10.0 Å². The third-order valence-corrected chi connectivity index (χ3v) is 4.54. The fraction of sp³-hybridized carbons (Fsp3) is 0.333. The van der Waals surface area contributed by atoms with E-state index in [0.717, 1.165) is 0 Å². The first kappa shape index (κ1) is 18.9. The molecule has 1 rings (SSSR count). The lowest BCUT2D eigenvalue weighted by molar-refractivity contribution is -0.120. The molecule has 0 bridgehead atoms. The van der Waals surface area contributed by atoms with Crippen molar-refractivity contribution in [3.05, 3.63) is 42.5 Å². The lowest BCUT2D eigenvalue weighted by Crippen LogP contribution is -2.47. The molecule has 1 unspecified atom stereocenters. The summed E-state index contributed by atoms with van der Waals surface area (Å²) < 4.78 is 26.1. The second kappa shape index (κ2) is 7.89.